The summed E-state index contributed by atoms with van der Waals surface area (Å²) >= 11 is 11.9. The van der Waals surface area contributed by atoms with Crippen molar-refractivity contribution in [3.05, 3.63) is 63.6 Å². The fourth-order valence-corrected chi connectivity index (χ4v) is 2.41. The van der Waals surface area contributed by atoms with Crippen LogP contribution in [0, 0.1) is 11.3 Å². The second-order valence-corrected chi connectivity index (χ2v) is 5.62. The number of nitrogens with one attached hydrogen (secondary N) is 1. The Morgan fingerprint density at radius 3 is 2.31 bits per heavy atom. The van der Waals surface area contributed by atoms with Gasteiger partial charge in [-0.1, -0.05) is 47.5 Å². The normalized spacial score (nSPS) is 11.6. The third-order valence-corrected chi connectivity index (χ3v) is 3.64. The molecular formula is C17H9Cl2F3N2O2. The number of ether oxygens (including phenoxy) is 1. The number of amides is 1. The van der Waals surface area contributed by atoms with Crippen LogP contribution in [0.15, 0.2) is 48.0 Å². The van der Waals surface area contributed by atoms with Gasteiger partial charge in [0.15, 0.2) is 0 Å². The summed E-state index contributed by atoms with van der Waals surface area (Å²) in [6, 6.07) is 11.2. The molecule has 0 saturated heterocycles. The lowest BCUT2D eigenvalue weighted by Crippen LogP contribution is -2.18. The van der Waals surface area contributed by atoms with E-state index in [4.69, 9.17) is 23.2 Å². The van der Waals surface area contributed by atoms with Gasteiger partial charge in [-0.15, -0.1) is 13.2 Å². The standard InChI is InChI=1S/C17H9Cl2F3N2O2/c18-12-5-3-6-13(19)15(12)24-16(25)11(9-23)8-10-4-1-2-7-14(10)26-17(20,21)22/h1-8H,(H,24,25)/b11-8+. The Morgan fingerprint density at radius 2 is 1.73 bits per heavy atom. The number of rotatable bonds is 4. The van der Waals surface area contributed by atoms with Crippen LogP contribution in [0.2, 0.25) is 10.0 Å². The van der Waals surface area contributed by atoms with E-state index in [1.54, 1.807) is 12.1 Å². The van der Waals surface area contributed by atoms with Gasteiger partial charge in [-0.25, -0.2) is 0 Å². The smallest absolute Gasteiger partial charge is 0.405 e. The zero-order chi connectivity index (χ0) is 19.3. The molecule has 2 aromatic rings. The molecule has 0 aromatic heterocycles. The summed E-state index contributed by atoms with van der Waals surface area (Å²) in [6.45, 7) is 0. The van der Waals surface area contributed by atoms with E-state index in [-0.39, 0.29) is 21.3 Å². The molecule has 2 aromatic carbocycles. The summed E-state index contributed by atoms with van der Waals surface area (Å²) in [6.07, 6.45) is -3.94. The minimum atomic E-state index is -4.91. The van der Waals surface area contributed by atoms with E-state index in [0.717, 1.165) is 12.1 Å². The van der Waals surface area contributed by atoms with Gasteiger partial charge in [-0.05, 0) is 24.3 Å². The molecule has 134 valence electrons. The summed E-state index contributed by atoms with van der Waals surface area (Å²) in [7, 11) is 0. The van der Waals surface area contributed by atoms with Gasteiger partial charge < -0.3 is 10.1 Å². The van der Waals surface area contributed by atoms with Crippen LogP contribution in [-0.4, -0.2) is 12.3 Å². The Hall–Kier alpha value is -2.69. The van der Waals surface area contributed by atoms with Crippen molar-refractivity contribution >= 4 is 40.9 Å². The van der Waals surface area contributed by atoms with Crippen LogP contribution in [0.1, 0.15) is 5.56 Å². The molecule has 9 heteroatoms. The molecule has 1 amide bonds. The van der Waals surface area contributed by atoms with Crippen LogP contribution < -0.4 is 10.1 Å². The molecule has 1 N–H and O–H groups in total. The first-order chi connectivity index (χ1) is 12.2. The molecule has 0 radical (unpaired) electrons. The molecule has 0 bridgehead atoms. The number of para-hydroxylation sites is 2. The Bertz CT molecular complexity index is 885. The number of anilines is 1. The average molecular weight is 401 g/mol. The second-order valence-electron chi connectivity index (χ2n) is 4.81. The summed E-state index contributed by atoms with van der Waals surface area (Å²) in [5, 5.41) is 11.8. The molecule has 0 unspecified atom stereocenters. The van der Waals surface area contributed by atoms with Crippen molar-refractivity contribution in [2.24, 2.45) is 0 Å². The molecule has 0 saturated carbocycles. The first-order valence-electron chi connectivity index (χ1n) is 6.93. The van der Waals surface area contributed by atoms with E-state index in [0.29, 0.717) is 0 Å². The minimum Gasteiger partial charge on any atom is -0.405 e. The third kappa shape index (κ3) is 5.15. The Balaban J connectivity index is 2.34. The van der Waals surface area contributed by atoms with Crippen molar-refractivity contribution in [3.8, 4) is 11.8 Å². The van der Waals surface area contributed by atoms with E-state index >= 15 is 0 Å². The lowest BCUT2D eigenvalue weighted by Gasteiger charge is -2.12. The van der Waals surface area contributed by atoms with Crippen LogP contribution in [0.3, 0.4) is 0 Å². The molecule has 0 aliphatic heterocycles. The van der Waals surface area contributed by atoms with E-state index in [2.05, 4.69) is 10.1 Å². The highest BCUT2D eigenvalue weighted by atomic mass is 35.5. The molecule has 26 heavy (non-hydrogen) atoms. The molecule has 0 spiro atoms. The quantitative estimate of drug-likeness (QED) is 0.549. The lowest BCUT2D eigenvalue weighted by molar-refractivity contribution is -0.274. The van der Waals surface area contributed by atoms with E-state index in [9.17, 15) is 23.2 Å². The average Bonchev–Trinajstić information content (AvgIpc) is 2.56. The summed E-state index contributed by atoms with van der Waals surface area (Å²) < 4.78 is 41.3. The van der Waals surface area contributed by atoms with Gasteiger partial charge in [0.1, 0.15) is 17.4 Å². The van der Waals surface area contributed by atoms with Crippen molar-refractivity contribution in [1.29, 1.82) is 5.26 Å². The zero-order valence-electron chi connectivity index (χ0n) is 12.8. The topological polar surface area (TPSA) is 62.1 Å². The highest BCUT2D eigenvalue weighted by Crippen LogP contribution is 2.31. The van der Waals surface area contributed by atoms with Crippen molar-refractivity contribution in [2.45, 2.75) is 6.36 Å². The van der Waals surface area contributed by atoms with Crippen LogP contribution in [0.4, 0.5) is 18.9 Å². The van der Waals surface area contributed by atoms with Crippen LogP contribution in [0.5, 0.6) is 5.75 Å². The van der Waals surface area contributed by atoms with E-state index in [1.807, 2.05) is 0 Å². The SMILES string of the molecule is N#C/C(=C\c1ccccc1OC(F)(F)F)C(=O)Nc1c(Cl)cccc1Cl. The zero-order valence-corrected chi connectivity index (χ0v) is 14.3. The van der Waals surface area contributed by atoms with Crippen molar-refractivity contribution in [3.63, 3.8) is 0 Å². The Labute approximate surface area is 156 Å². The van der Waals surface area contributed by atoms with Gasteiger partial charge >= 0.3 is 6.36 Å². The number of benzene rings is 2. The number of hydrogen-bond acceptors (Lipinski definition) is 3. The highest BCUT2D eigenvalue weighted by molar-refractivity contribution is 6.40. The molecule has 0 heterocycles. The highest BCUT2D eigenvalue weighted by Gasteiger charge is 2.32. The van der Waals surface area contributed by atoms with Gasteiger partial charge in [0.2, 0.25) is 0 Å². The molecular weight excluding hydrogens is 392 g/mol. The number of alkyl halides is 3. The fraction of sp³-hybridized carbons (Fsp3) is 0.0588. The first-order valence-corrected chi connectivity index (χ1v) is 7.69. The molecule has 0 aliphatic carbocycles. The molecule has 2 rings (SSSR count). The summed E-state index contributed by atoms with van der Waals surface area (Å²) in [5.41, 5.74) is -0.470. The van der Waals surface area contributed by atoms with E-state index < -0.39 is 23.6 Å². The largest absolute Gasteiger partial charge is 0.573 e. The number of nitriles is 1. The number of nitrogens with zero attached hydrogens (tertiary/aromatic N) is 1. The maximum atomic E-state index is 12.5. The van der Waals surface area contributed by atoms with E-state index in [1.165, 1.54) is 30.3 Å². The molecule has 0 fully saturated rings. The number of hydrogen-bond donors (Lipinski definition) is 1. The number of halogens is 5. The van der Waals surface area contributed by atoms with Crippen molar-refractivity contribution < 1.29 is 22.7 Å². The summed E-state index contributed by atoms with van der Waals surface area (Å²) in [5.74, 6) is -1.43. The third-order valence-electron chi connectivity index (χ3n) is 3.01. The Kier molecular flexibility index (Phi) is 6.14. The van der Waals surface area contributed by atoms with Crippen LogP contribution in [0.25, 0.3) is 6.08 Å². The van der Waals surface area contributed by atoms with Gasteiger partial charge in [0.25, 0.3) is 5.91 Å². The monoisotopic (exact) mass is 400 g/mol. The number of carbonyl (C=O) groups excluding carboxylic acids is 1. The molecule has 4 nitrogen and oxygen atoms in total. The van der Waals surface area contributed by atoms with Crippen molar-refractivity contribution in [2.75, 3.05) is 5.32 Å². The molecule has 0 atom stereocenters. The lowest BCUT2D eigenvalue weighted by atomic mass is 10.1. The summed E-state index contributed by atoms with van der Waals surface area (Å²) in [4.78, 5) is 12.3. The predicted molar refractivity (Wildman–Crippen MR) is 91.8 cm³/mol. The number of carbonyl (C=O) groups is 1. The second kappa shape index (κ2) is 8.13. The van der Waals surface area contributed by atoms with Crippen LogP contribution >= 0.6 is 23.2 Å². The van der Waals surface area contributed by atoms with Gasteiger partial charge in [0, 0.05) is 5.56 Å². The fourth-order valence-electron chi connectivity index (χ4n) is 1.92. The first kappa shape index (κ1) is 19.6. The predicted octanol–water partition coefficient (Wildman–Crippen LogP) is 5.44. The maximum absolute atomic E-state index is 12.5. The molecule has 0 aliphatic rings. The van der Waals surface area contributed by atoms with Crippen molar-refractivity contribution in [1.82, 2.24) is 0 Å². The van der Waals surface area contributed by atoms with Gasteiger partial charge in [-0.3, -0.25) is 4.79 Å². The maximum Gasteiger partial charge on any atom is 0.573 e. The van der Waals surface area contributed by atoms with Crippen LogP contribution in [-0.2, 0) is 4.79 Å². The Morgan fingerprint density at radius 1 is 1.12 bits per heavy atom. The van der Waals surface area contributed by atoms with Gasteiger partial charge in [-0.2, -0.15) is 5.26 Å². The van der Waals surface area contributed by atoms with Gasteiger partial charge in [0.05, 0.1) is 15.7 Å². The minimum absolute atomic E-state index is 0.0850.